The maximum absolute atomic E-state index is 11.5. The molecule has 0 aliphatic heterocycles. The summed E-state index contributed by atoms with van der Waals surface area (Å²) in [4.78, 5) is 20.0. The maximum atomic E-state index is 11.5. The SMILES string of the molecule is COC(=O)C1CCC(Nc2cc(C(C)C)ncn2)CC1. The van der Waals surface area contributed by atoms with Crippen LogP contribution in [0.3, 0.4) is 0 Å². The number of aromatic nitrogens is 2. The van der Waals surface area contributed by atoms with Crippen LogP contribution in [0.1, 0.15) is 51.1 Å². The van der Waals surface area contributed by atoms with Gasteiger partial charge in [0.05, 0.1) is 13.0 Å². The molecular formula is C15H23N3O2. The van der Waals surface area contributed by atoms with Crippen LogP contribution in [0.15, 0.2) is 12.4 Å². The van der Waals surface area contributed by atoms with Crippen LogP contribution in [0, 0.1) is 5.92 Å². The number of anilines is 1. The third-order valence-electron chi connectivity index (χ3n) is 3.89. The molecule has 5 nitrogen and oxygen atoms in total. The van der Waals surface area contributed by atoms with Gasteiger partial charge < -0.3 is 10.1 Å². The van der Waals surface area contributed by atoms with E-state index >= 15 is 0 Å². The first-order valence-corrected chi connectivity index (χ1v) is 7.26. The molecular weight excluding hydrogens is 254 g/mol. The van der Waals surface area contributed by atoms with Crippen LogP contribution in [0.25, 0.3) is 0 Å². The van der Waals surface area contributed by atoms with Gasteiger partial charge in [-0.15, -0.1) is 0 Å². The van der Waals surface area contributed by atoms with Gasteiger partial charge in [-0.1, -0.05) is 13.8 Å². The maximum Gasteiger partial charge on any atom is 0.308 e. The minimum Gasteiger partial charge on any atom is -0.469 e. The zero-order chi connectivity index (χ0) is 14.5. The van der Waals surface area contributed by atoms with Crippen LogP contribution in [0.2, 0.25) is 0 Å². The Morgan fingerprint density at radius 2 is 2.00 bits per heavy atom. The molecule has 5 heteroatoms. The summed E-state index contributed by atoms with van der Waals surface area (Å²) in [6, 6.07) is 2.39. The van der Waals surface area contributed by atoms with Crippen LogP contribution >= 0.6 is 0 Å². The summed E-state index contributed by atoms with van der Waals surface area (Å²) in [5.41, 5.74) is 1.05. The number of hydrogen-bond donors (Lipinski definition) is 1. The van der Waals surface area contributed by atoms with E-state index in [1.54, 1.807) is 6.33 Å². The van der Waals surface area contributed by atoms with Gasteiger partial charge in [0, 0.05) is 17.8 Å². The van der Waals surface area contributed by atoms with Gasteiger partial charge in [0.25, 0.3) is 0 Å². The molecule has 1 aromatic rings. The molecule has 0 bridgehead atoms. The highest BCUT2D eigenvalue weighted by atomic mass is 16.5. The van der Waals surface area contributed by atoms with E-state index in [0.717, 1.165) is 37.2 Å². The Kier molecular flexibility index (Phi) is 4.93. The molecule has 1 heterocycles. The van der Waals surface area contributed by atoms with E-state index in [4.69, 9.17) is 4.74 Å². The average Bonchev–Trinajstić information content (AvgIpc) is 2.47. The summed E-state index contributed by atoms with van der Waals surface area (Å²) in [6.07, 6.45) is 5.32. The predicted molar refractivity (Wildman–Crippen MR) is 77.5 cm³/mol. The second-order valence-electron chi connectivity index (χ2n) is 5.70. The van der Waals surface area contributed by atoms with Crippen molar-refractivity contribution in [3.63, 3.8) is 0 Å². The van der Waals surface area contributed by atoms with Crippen LogP contribution in [-0.2, 0) is 9.53 Å². The fraction of sp³-hybridized carbons (Fsp3) is 0.667. The smallest absolute Gasteiger partial charge is 0.308 e. The Morgan fingerprint density at radius 3 is 2.60 bits per heavy atom. The fourth-order valence-electron chi connectivity index (χ4n) is 2.62. The largest absolute Gasteiger partial charge is 0.469 e. The molecule has 0 aromatic carbocycles. The number of carbonyl (C=O) groups is 1. The number of hydrogen-bond acceptors (Lipinski definition) is 5. The Labute approximate surface area is 120 Å². The summed E-state index contributed by atoms with van der Waals surface area (Å²) >= 11 is 0. The number of ether oxygens (including phenoxy) is 1. The van der Waals surface area contributed by atoms with Gasteiger partial charge in [0.15, 0.2) is 0 Å². The van der Waals surface area contributed by atoms with Gasteiger partial charge in [0.1, 0.15) is 12.1 Å². The number of esters is 1. The van der Waals surface area contributed by atoms with Crippen molar-refractivity contribution in [2.45, 2.75) is 51.5 Å². The molecule has 2 rings (SSSR count). The van der Waals surface area contributed by atoms with Crippen LogP contribution in [0.5, 0.6) is 0 Å². The first-order chi connectivity index (χ1) is 9.60. The lowest BCUT2D eigenvalue weighted by molar-refractivity contribution is -0.146. The van der Waals surface area contributed by atoms with Crippen LogP contribution in [0.4, 0.5) is 5.82 Å². The average molecular weight is 277 g/mol. The van der Waals surface area contributed by atoms with E-state index in [1.165, 1.54) is 7.11 Å². The number of rotatable bonds is 4. The number of methoxy groups -OCH3 is 1. The fourth-order valence-corrected chi connectivity index (χ4v) is 2.62. The molecule has 0 atom stereocenters. The summed E-state index contributed by atoms with van der Waals surface area (Å²) in [5, 5.41) is 3.45. The van der Waals surface area contributed by atoms with E-state index in [9.17, 15) is 4.79 Å². The molecule has 20 heavy (non-hydrogen) atoms. The first-order valence-electron chi connectivity index (χ1n) is 7.26. The zero-order valence-electron chi connectivity index (χ0n) is 12.4. The minimum absolute atomic E-state index is 0.0645. The predicted octanol–water partition coefficient (Wildman–Crippen LogP) is 2.74. The van der Waals surface area contributed by atoms with Crippen LogP contribution < -0.4 is 5.32 Å². The molecule has 1 aliphatic rings. The molecule has 0 amide bonds. The lowest BCUT2D eigenvalue weighted by Crippen LogP contribution is -2.30. The van der Waals surface area contributed by atoms with Gasteiger partial charge in [-0.2, -0.15) is 0 Å². The van der Waals surface area contributed by atoms with Crippen molar-refractivity contribution in [2.24, 2.45) is 5.92 Å². The van der Waals surface area contributed by atoms with E-state index < -0.39 is 0 Å². The van der Waals surface area contributed by atoms with Crippen molar-refractivity contribution in [1.29, 1.82) is 0 Å². The lowest BCUT2D eigenvalue weighted by Gasteiger charge is -2.28. The number of carbonyl (C=O) groups excluding carboxylic acids is 1. The second kappa shape index (κ2) is 6.68. The molecule has 0 unspecified atom stereocenters. The third-order valence-corrected chi connectivity index (χ3v) is 3.89. The summed E-state index contributed by atoms with van der Waals surface area (Å²) in [6.45, 7) is 4.24. The molecule has 110 valence electrons. The number of nitrogens with zero attached hydrogens (tertiary/aromatic N) is 2. The van der Waals surface area contributed by atoms with Crippen molar-refractivity contribution in [3.8, 4) is 0 Å². The highest BCUT2D eigenvalue weighted by Crippen LogP contribution is 2.27. The second-order valence-corrected chi connectivity index (χ2v) is 5.70. The van der Waals surface area contributed by atoms with Gasteiger partial charge in [-0.3, -0.25) is 4.79 Å². The topological polar surface area (TPSA) is 64.1 Å². The Hall–Kier alpha value is -1.65. The van der Waals surface area contributed by atoms with E-state index in [2.05, 4.69) is 29.1 Å². The Bertz CT molecular complexity index is 454. The summed E-state index contributed by atoms with van der Waals surface area (Å²) < 4.78 is 4.81. The number of nitrogens with one attached hydrogen (secondary N) is 1. The van der Waals surface area contributed by atoms with Crippen molar-refractivity contribution in [2.75, 3.05) is 12.4 Å². The normalized spacial score (nSPS) is 22.6. The molecule has 1 fully saturated rings. The lowest BCUT2D eigenvalue weighted by atomic mass is 9.86. The molecule has 0 radical (unpaired) electrons. The third kappa shape index (κ3) is 3.68. The molecule has 1 aliphatic carbocycles. The van der Waals surface area contributed by atoms with Crippen molar-refractivity contribution < 1.29 is 9.53 Å². The van der Waals surface area contributed by atoms with Gasteiger partial charge >= 0.3 is 5.97 Å². The van der Waals surface area contributed by atoms with Crippen molar-refractivity contribution in [3.05, 3.63) is 18.1 Å². The standard InChI is InChI=1S/C15H23N3O2/c1-10(2)13-8-14(17-9-16-13)18-12-6-4-11(5-7-12)15(19)20-3/h8-12H,4-7H2,1-3H3,(H,16,17,18). The monoisotopic (exact) mass is 277 g/mol. The minimum atomic E-state index is -0.0763. The zero-order valence-corrected chi connectivity index (χ0v) is 12.4. The highest BCUT2D eigenvalue weighted by molar-refractivity contribution is 5.72. The van der Waals surface area contributed by atoms with E-state index in [1.807, 2.05) is 6.07 Å². The molecule has 1 N–H and O–H groups in total. The first kappa shape index (κ1) is 14.8. The van der Waals surface area contributed by atoms with Gasteiger partial charge in [0.2, 0.25) is 0 Å². The Morgan fingerprint density at radius 1 is 1.30 bits per heavy atom. The van der Waals surface area contributed by atoms with E-state index in [-0.39, 0.29) is 11.9 Å². The Balaban J connectivity index is 1.89. The van der Waals surface area contributed by atoms with Crippen LogP contribution in [-0.4, -0.2) is 29.1 Å². The quantitative estimate of drug-likeness (QED) is 0.857. The van der Waals surface area contributed by atoms with Gasteiger partial charge in [-0.05, 0) is 31.6 Å². The highest BCUT2D eigenvalue weighted by Gasteiger charge is 2.26. The van der Waals surface area contributed by atoms with Crippen molar-refractivity contribution in [1.82, 2.24) is 9.97 Å². The van der Waals surface area contributed by atoms with Gasteiger partial charge in [-0.25, -0.2) is 9.97 Å². The van der Waals surface area contributed by atoms with Crippen molar-refractivity contribution >= 4 is 11.8 Å². The molecule has 0 saturated heterocycles. The molecule has 1 saturated carbocycles. The van der Waals surface area contributed by atoms with E-state index in [0.29, 0.717) is 12.0 Å². The summed E-state index contributed by atoms with van der Waals surface area (Å²) in [7, 11) is 1.46. The summed E-state index contributed by atoms with van der Waals surface area (Å²) in [5.74, 6) is 1.26. The molecule has 0 spiro atoms. The molecule has 1 aromatic heterocycles.